The minimum atomic E-state index is -3.86. The maximum Gasteiger partial charge on any atom is 0.264 e. The summed E-state index contributed by atoms with van der Waals surface area (Å²) >= 11 is 0. The van der Waals surface area contributed by atoms with Gasteiger partial charge in [-0.25, -0.2) is 8.42 Å². The number of fused-ring (bicyclic) bond motifs is 1. The summed E-state index contributed by atoms with van der Waals surface area (Å²) in [6, 6.07) is 24.6. The normalized spacial score (nSPS) is 11.1. The van der Waals surface area contributed by atoms with Gasteiger partial charge < -0.3 is 19.5 Å². The average Bonchev–Trinajstić information content (AvgIpc) is 2.94. The van der Waals surface area contributed by atoms with Crippen molar-refractivity contribution in [2.45, 2.75) is 4.90 Å². The molecule has 0 aliphatic rings. The molecule has 4 rings (SSSR count). The van der Waals surface area contributed by atoms with Gasteiger partial charge in [0, 0.05) is 18.7 Å². The van der Waals surface area contributed by atoms with E-state index in [0.717, 1.165) is 20.8 Å². The molecule has 0 atom stereocenters. The minimum Gasteiger partial charge on any atom is -0.493 e. The zero-order valence-electron chi connectivity index (χ0n) is 20.8. The van der Waals surface area contributed by atoms with E-state index in [9.17, 15) is 13.2 Å². The van der Waals surface area contributed by atoms with Crippen LogP contribution in [-0.4, -0.2) is 48.7 Å². The average molecular weight is 521 g/mol. The monoisotopic (exact) mass is 520 g/mol. The van der Waals surface area contributed by atoms with Gasteiger partial charge in [-0.05, 0) is 59.3 Å². The Morgan fingerprint density at radius 2 is 1.54 bits per heavy atom. The number of sulfonamides is 1. The summed E-state index contributed by atoms with van der Waals surface area (Å²) < 4.78 is 43.5. The Kier molecular flexibility index (Phi) is 7.83. The Morgan fingerprint density at radius 1 is 0.838 bits per heavy atom. The molecule has 1 N–H and O–H groups in total. The Hall–Kier alpha value is -4.24. The zero-order chi connectivity index (χ0) is 26.4. The van der Waals surface area contributed by atoms with Gasteiger partial charge in [-0.1, -0.05) is 30.3 Å². The number of carbonyl (C=O) groups excluding carboxylic acids is 1. The predicted octanol–water partition coefficient (Wildman–Crippen LogP) is 4.49. The first kappa shape index (κ1) is 25.8. The van der Waals surface area contributed by atoms with Crippen LogP contribution in [0, 0.1) is 0 Å². The van der Waals surface area contributed by atoms with E-state index in [0.29, 0.717) is 35.9 Å². The van der Waals surface area contributed by atoms with E-state index < -0.39 is 10.0 Å². The van der Waals surface area contributed by atoms with Gasteiger partial charge in [0.15, 0.2) is 11.5 Å². The molecule has 4 aromatic rings. The van der Waals surface area contributed by atoms with Crippen molar-refractivity contribution in [3.05, 3.63) is 90.5 Å². The van der Waals surface area contributed by atoms with E-state index in [-0.39, 0.29) is 10.8 Å². The fraction of sp³-hybridized carbons (Fsp3) is 0.179. The Balaban J connectivity index is 1.34. The topological polar surface area (TPSA) is 94.2 Å². The third kappa shape index (κ3) is 5.78. The number of ether oxygens (including phenoxy) is 3. The fourth-order valence-corrected chi connectivity index (χ4v) is 5.00. The molecule has 9 heteroatoms. The van der Waals surface area contributed by atoms with Crippen LogP contribution >= 0.6 is 0 Å². The predicted molar refractivity (Wildman–Crippen MR) is 143 cm³/mol. The van der Waals surface area contributed by atoms with Gasteiger partial charge in [-0.15, -0.1) is 0 Å². The van der Waals surface area contributed by atoms with E-state index in [1.165, 1.54) is 39.5 Å². The van der Waals surface area contributed by atoms with E-state index in [4.69, 9.17) is 14.2 Å². The van der Waals surface area contributed by atoms with Crippen LogP contribution in [0.15, 0.2) is 89.8 Å². The Labute approximate surface area is 216 Å². The summed E-state index contributed by atoms with van der Waals surface area (Å²) in [7, 11) is 0.512. The van der Waals surface area contributed by atoms with Crippen LogP contribution in [0.1, 0.15) is 10.4 Å². The lowest BCUT2D eigenvalue weighted by molar-refractivity contribution is 0.0947. The second kappa shape index (κ2) is 11.2. The molecule has 0 bridgehead atoms. The molecule has 8 nitrogen and oxygen atoms in total. The van der Waals surface area contributed by atoms with Gasteiger partial charge >= 0.3 is 0 Å². The molecule has 0 unspecified atom stereocenters. The maximum atomic E-state index is 13.1. The van der Waals surface area contributed by atoms with Crippen molar-refractivity contribution in [2.75, 3.05) is 38.7 Å². The molecule has 1 amide bonds. The lowest BCUT2D eigenvalue weighted by Crippen LogP contribution is -2.28. The van der Waals surface area contributed by atoms with Gasteiger partial charge in [0.2, 0.25) is 0 Å². The molecule has 192 valence electrons. The summed E-state index contributed by atoms with van der Waals surface area (Å²) in [6.07, 6.45) is 0. The van der Waals surface area contributed by atoms with Gasteiger partial charge in [0.1, 0.15) is 12.4 Å². The number of rotatable bonds is 10. The summed E-state index contributed by atoms with van der Waals surface area (Å²) in [5, 5.41) is 5.03. The van der Waals surface area contributed by atoms with Crippen molar-refractivity contribution in [1.29, 1.82) is 0 Å². The number of benzene rings is 4. The molecule has 0 saturated carbocycles. The largest absolute Gasteiger partial charge is 0.493 e. The summed E-state index contributed by atoms with van der Waals surface area (Å²) in [4.78, 5) is 12.6. The standard InChI is InChI=1S/C28H28N2O6S/c1-30(37(32,33)25-14-15-26(34-2)27(19-25)35-3)23-11-8-21(9-12-23)28(31)29-16-17-36-24-13-10-20-6-4-5-7-22(20)18-24/h4-15,18-19H,16-17H2,1-3H3,(H,29,31). The molecule has 0 aliphatic heterocycles. The van der Waals surface area contributed by atoms with Crippen molar-refractivity contribution in [3.63, 3.8) is 0 Å². The van der Waals surface area contributed by atoms with E-state index >= 15 is 0 Å². The van der Waals surface area contributed by atoms with Crippen molar-refractivity contribution in [3.8, 4) is 17.2 Å². The van der Waals surface area contributed by atoms with Gasteiger partial charge in [-0.3, -0.25) is 9.10 Å². The SMILES string of the molecule is COc1ccc(S(=O)(=O)N(C)c2ccc(C(=O)NCCOc3ccc4ccccc4c3)cc2)cc1OC. The van der Waals surface area contributed by atoms with Crippen LogP contribution in [-0.2, 0) is 10.0 Å². The number of nitrogens with zero attached hydrogens (tertiary/aromatic N) is 1. The number of amides is 1. The van der Waals surface area contributed by atoms with Gasteiger partial charge in [-0.2, -0.15) is 0 Å². The Bertz CT molecular complexity index is 1500. The number of methoxy groups -OCH3 is 2. The lowest BCUT2D eigenvalue weighted by atomic mass is 10.1. The first-order valence-corrected chi connectivity index (χ1v) is 13.0. The smallest absolute Gasteiger partial charge is 0.264 e. The highest BCUT2D eigenvalue weighted by atomic mass is 32.2. The number of nitrogens with one attached hydrogen (secondary N) is 1. The van der Waals surface area contributed by atoms with Crippen molar-refractivity contribution in [1.82, 2.24) is 5.32 Å². The third-order valence-electron chi connectivity index (χ3n) is 5.88. The Morgan fingerprint density at radius 3 is 2.24 bits per heavy atom. The van der Waals surface area contributed by atoms with Crippen molar-refractivity contribution in [2.24, 2.45) is 0 Å². The zero-order valence-corrected chi connectivity index (χ0v) is 21.6. The summed E-state index contributed by atoms with van der Waals surface area (Å²) in [5.74, 6) is 1.20. The van der Waals surface area contributed by atoms with Gasteiger partial charge in [0.25, 0.3) is 15.9 Å². The quantitative estimate of drug-likeness (QED) is 0.310. The van der Waals surface area contributed by atoms with Crippen molar-refractivity contribution < 1.29 is 27.4 Å². The number of anilines is 1. The van der Waals surface area contributed by atoms with Crippen LogP contribution in [0.3, 0.4) is 0 Å². The second-order valence-electron chi connectivity index (χ2n) is 8.15. The molecule has 0 radical (unpaired) electrons. The summed E-state index contributed by atoms with van der Waals surface area (Å²) in [6.45, 7) is 0.634. The number of carbonyl (C=O) groups is 1. The molecule has 0 heterocycles. The molecule has 0 spiro atoms. The third-order valence-corrected chi connectivity index (χ3v) is 7.67. The molecular weight excluding hydrogens is 492 g/mol. The van der Waals surface area contributed by atoms with Crippen molar-refractivity contribution >= 4 is 32.4 Å². The highest BCUT2D eigenvalue weighted by Gasteiger charge is 2.23. The molecule has 0 aliphatic carbocycles. The first-order chi connectivity index (χ1) is 17.8. The fourth-order valence-electron chi connectivity index (χ4n) is 3.79. The highest BCUT2D eigenvalue weighted by Crippen LogP contribution is 2.31. The molecule has 37 heavy (non-hydrogen) atoms. The van der Waals surface area contributed by atoms with E-state index in [1.54, 1.807) is 24.3 Å². The van der Waals surface area contributed by atoms with E-state index in [1.807, 2.05) is 42.5 Å². The van der Waals surface area contributed by atoms with Crippen LogP contribution < -0.4 is 23.8 Å². The first-order valence-electron chi connectivity index (χ1n) is 11.5. The van der Waals surface area contributed by atoms with Crippen LogP contribution in [0.2, 0.25) is 0 Å². The maximum absolute atomic E-state index is 13.1. The molecule has 4 aromatic carbocycles. The highest BCUT2D eigenvalue weighted by molar-refractivity contribution is 7.92. The summed E-state index contributed by atoms with van der Waals surface area (Å²) in [5.41, 5.74) is 0.817. The molecular formula is C28H28N2O6S. The molecule has 0 saturated heterocycles. The molecule has 0 aromatic heterocycles. The van der Waals surface area contributed by atoms with Gasteiger partial charge in [0.05, 0.1) is 31.3 Å². The second-order valence-corrected chi connectivity index (χ2v) is 10.1. The van der Waals surface area contributed by atoms with Crippen LogP contribution in [0.4, 0.5) is 5.69 Å². The number of hydrogen-bond acceptors (Lipinski definition) is 6. The number of hydrogen-bond donors (Lipinski definition) is 1. The van der Waals surface area contributed by atoms with E-state index in [2.05, 4.69) is 5.32 Å². The van der Waals surface area contributed by atoms with Crippen LogP contribution in [0.5, 0.6) is 17.2 Å². The lowest BCUT2D eigenvalue weighted by Gasteiger charge is -2.20. The van der Waals surface area contributed by atoms with Crippen LogP contribution in [0.25, 0.3) is 10.8 Å². The molecule has 0 fully saturated rings. The minimum absolute atomic E-state index is 0.0564.